The molecule has 1 rings (SSSR count). The lowest BCUT2D eigenvalue weighted by atomic mass is 10.1. The fraction of sp³-hybridized carbons (Fsp3) is 0.667. The van der Waals surface area contributed by atoms with Crippen LogP contribution in [0.25, 0.3) is 0 Å². The van der Waals surface area contributed by atoms with Gasteiger partial charge in [0, 0.05) is 33.4 Å². The maximum Gasteiger partial charge on any atom is 0.191 e. The van der Waals surface area contributed by atoms with Crippen molar-refractivity contribution in [2.75, 3.05) is 60.3 Å². The first-order valence-corrected chi connectivity index (χ1v) is 10.1. The number of benzene rings is 1. The lowest BCUT2D eigenvalue weighted by molar-refractivity contribution is 0.0698. The van der Waals surface area contributed by atoms with E-state index in [1.165, 1.54) is 5.56 Å². The van der Waals surface area contributed by atoms with E-state index in [1.807, 2.05) is 13.0 Å². The molecule has 0 atom stereocenters. The zero-order valence-electron chi connectivity index (χ0n) is 18.3. The molecule has 168 valence electrons. The van der Waals surface area contributed by atoms with Crippen molar-refractivity contribution < 1.29 is 18.9 Å². The Hall–Kier alpha value is -1.26. The van der Waals surface area contributed by atoms with Gasteiger partial charge >= 0.3 is 0 Å². The molecule has 0 saturated heterocycles. The van der Waals surface area contributed by atoms with Crippen molar-refractivity contribution in [2.45, 2.75) is 33.1 Å². The van der Waals surface area contributed by atoms with Crippen molar-refractivity contribution >= 4 is 29.9 Å². The number of ether oxygens (including phenoxy) is 4. The summed E-state index contributed by atoms with van der Waals surface area (Å²) in [6, 6.07) is 6.10. The first-order valence-electron chi connectivity index (χ1n) is 10.1. The zero-order chi connectivity index (χ0) is 20.5. The number of hydrogen-bond donors (Lipinski definition) is 2. The summed E-state index contributed by atoms with van der Waals surface area (Å²) in [7, 11) is 3.34. The van der Waals surface area contributed by atoms with Crippen LogP contribution in [-0.4, -0.2) is 66.2 Å². The minimum absolute atomic E-state index is 0. The number of aliphatic imine (C=N–C) groups is 1. The van der Waals surface area contributed by atoms with E-state index in [0.717, 1.165) is 63.0 Å². The van der Waals surface area contributed by atoms with Crippen LogP contribution in [0.2, 0.25) is 0 Å². The maximum absolute atomic E-state index is 5.64. The minimum atomic E-state index is 0. The van der Waals surface area contributed by atoms with Gasteiger partial charge in [-0.25, -0.2) is 0 Å². The summed E-state index contributed by atoms with van der Waals surface area (Å²) in [5.41, 5.74) is 1.23. The highest BCUT2D eigenvalue weighted by atomic mass is 127. The number of hydrogen-bond acceptors (Lipinski definition) is 5. The van der Waals surface area contributed by atoms with Crippen molar-refractivity contribution in [3.05, 3.63) is 23.8 Å². The molecule has 0 aliphatic carbocycles. The maximum atomic E-state index is 5.64. The first kappa shape index (κ1) is 27.7. The van der Waals surface area contributed by atoms with E-state index in [0.29, 0.717) is 19.8 Å². The smallest absolute Gasteiger partial charge is 0.191 e. The van der Waals surface area contributed by atoms with Crippen LogP contribution < -0.4 is 20.1 Å². The number of guanidine groups is 1. The monoisotopic (exact) mass is 523 g/mol. The van der Waals surface area contributed by atoms with E-state index in [2.05, 4.69) is 34.7 Å². The molecule has 29 heavy (non-hydrogen) atoms. The number of methoxy groups -OCH3 is 2. The number of nitrogens with zero attached hydrogens (tertiary/aromatic N) is 1. The quantitative estimate of drug-likeness (QED) is 0.159. The summed E-state index contributed by atoms with van der Waals surface area (Å²) in [5.74, 6) is 2.42. The SMILES string of the molecule is CCNC(=NCCCc1ccc(OC)c(OCC)c1)NCCCOCCOC.I. The molecule has 0 bridgehead atoms. The van der Waals surface area contributed by atoms with Crippen LogP contribution in [0, 0.1) is 0 Å². The Labute approximate surface area is 192 Å². The van der Waals surface area contributed by atoms with Crippen LogP contribution in [0.5, 0.6) is 11.5 Å². The highest BCUT2D eigenvalue weighted by molar-refractivity contribution is 14.0. The lowest BCUT2D eigenvalue weighted by Gasteiger charge is -2.12. The Morgan fingerprint density at radius 2 is 1.83 bits per heavy atom. The Kier molecular flexibility index (Phi) is 17.9. The first-order chi connectivity index (χ1) is 13.7. The van der Waals surface area contributed by atoms with Gasteiger partial charge in [0.1, 0.15) is 0 Å². The number of rotatable bonds is 15. The van der Waals surface area contributed by atoms with Gasteiger partial charge in [0.05, 0.1) is 26.9 Å². The highest BCUT2D eigenvalue weighted by Crippen LogP contribution is 2.28. The predicted octanol–water partition coefficient (Wildman–Crippen LogP) is 3.25. The summed E-state index contributed by atoms with van der Waals surface area (Å²) in [6.45, 7) is 9.09. The van der Waals surface area contributed by atoms with E-state index in [9.17, 15) is 0 Å². The molecule has 0 unspecified atom stereocenters. The van der Waals surface area contributed by atoms with E-state index in [-0.39, 0.29) is 24.0 Å². The van der Waals surface area contributed by atoms with Gasteiger partial charge in [-0.2, -0.15) is 0 Å². The van der Waals surface area contributed by atoms with Crippen LogP contribution >= 0.6 is 24.0 Å². The van der Waals surface area contributed by atoms with Crippen molar-refractivity contribution in [1.29, 1.82) is 0 Å². The Balaban J connectivity index is 0.00000784. The third-order valence-corrected chi connectivity index (χ3v) is 3.96. The highest BCUT2D eigenvalue weighted by Gasteiger charge is 2.05. The second kappa shape index (κ2) is 18.7. The molecule has 1 aromatic carbocycles. The van der Waals surface area contributed by atoms with Gasteiger partial charge in [-0.05, 0) is 50.8 Å². The topological polar surface area (TPSA) is 73.3 Å². The van der Waals surface area contributed by atoms with E-state index in [1.54, 1.807) is 14.2 Å². The van der Waals surface area contributed by atoms with Gasteiger partial charge in [-0.3, -0.25) is 4.99 Å². The third kappa shape index (κ3) is 12.8. The molecule has 0 saturated carbocycles. The summed E-state index contributed by atoms with van der Waals surface area (Å²) < 4.78 is 21.4. The second-order valence-electron chi connectivity index (χ2n) is 6.17. The van der Waals surface area contributed by atoms with Crippen LogP contribution in [0.15, 0.2) is 23.2 Å². The largest absolute Gasteiger partial charge is 0.493 e. The van der Waals surface area contributed by atoms with Crippen LogP contribution in [-0.2, 0) is 15.9 Å². The molecule has 0 aliphatic heterocycles. The molecule has 0 spiro atoms. The molecule has 0 fully saturated rings. The number of halogens is 1. The molecule has 0 amide bonds. The van der Waals surface area contributed by atoms with Gasteiger partial charge in [-0.1, -0.05) is 6.07 Å². The van der Waals surface area contributed by atoms with Crippen molar-refractivity contribution in [3.63, 3.8) is 0 Å². The van der Waals surface area contributed by atoms with E-state index in [4.69, 9.17) is 18.9 Å². The Morgan fingerprint density at radius 1 is 1.00 bits per heavy atom. The fourth-order valence-electron chi connectivity index (χ4n) is 2.59. The van der Waals surface area contributed by atoms with Gasteiger partial charge in [0.15, 0.2) is 17.5 Å². The average molecular weight is 523 g/mol. The van der Waals surface area contributed by atoms with Gasteiger partial charge in [-0.15, -0.1) is 24.0 Å². The lowest BCUT2D eigenvalue weighted by Crippen LogP contribution is -2.38. The molecule has 0 aliphatic rings. The van der Waals surface area contributed by atoms with Gasteiger partial charge in [0.25, 0.3) is 0 Å². The number of nitrogens with one attached hydrogen (secondary N) is 2. The molecule has 2 N–H and O–H groups in total. The molecule has 0 radical (unpaired) electrons. The molecular weight excluding hydrogens is 485 g/mol. The van der Waals surface area contributed by atoms with Crippen LogP contribution in [0.4, 0.5) is 0 Å². The Bertz CT molecular complexity index is 559. The van der Waals surface area contributed by atoms with Crippen molar-refractivity contribution in [2.24, 2.45) is 4.99 Å². The van der Waals surface area contributed by atoms with Crippen LogP contribution in [0.3, 0.4) is 0 Å². The summed E-state index contributed by atoms with van der Waals surface area (Å²) >= 11 is 0. The summed E-state index contributed by atoms with van der Waals surface area (Å²) in [6.07, 6.45) is 2.84. The van der Waals surface area contributed by atoms with Gasteiger partial charge in [0.2, 0.25) is 0 Å². The standard InChI is InChI=1S/C21H37N3O4.HI/c1-5-22-21(24-13-8-14-27-16-15-25-3)23-12-7-9-18-10-11-19(26-4)20(17-18)28-6-2;/h10-11,17H,5-9,12-16H2,1-4H3,(H2,22,23,24);1H. The molecule has 7 nitrogen and oxygen atoms in total. The third-order valence-electron chi connectivity index (χ3n) is 3.96. The second-order valence-corrected chi connectivity index (χ2v) is 6.17. The molecule has 1 aromatic rings. The molecule has 0 aromatic heterocycles. The van der Waals surface area contributed by atoms with E-state index < -0.39 is 0 Å². The van der Waals surface area contributed by atoms with Crippen LogP contribution in [0.1, 0.15) is 32.3 Å². The normalized spacial score (nSPS) is 11.0. The van der Waals surface area contributed by atoms with Crippen molar-refractivity contribution in [3.8, 4) is 11.5 Å². The van der Waals surface area contributed by atoms with E-state index >= 15 is 0 Å². The molecule has 8 heteroatoms. The summed E-state index contributed by atoms with van der Waals surface area (Å²) in [5, 5.41) is 6.62. The van der Waals surface area contributed by atoms with Crippen molar-refractivity contribution in [1.82, 2.24) is 10.6 Å². The number of aryl methyl sites for hydroxylation is 1. The zero-order valence-corrected chi connectivity index (χ0v) is 20.6. The van der Waals surface area contributed by atoms with Gasteiger partial charge < -0.3 is 29.6 Å². The Morgan fingerprint density at radius 3 is 2.52 bits per heavy atom. The molecular formula is C21H38IN3O4. The average Bonchev–Trinajstić information content (AvgIpc) is 2.71. The fourth-order valence-corrected chi connectivity index (χ4v) is 2.59. The minimum Gasteiger partial charge on any atom is -0.493 e. The molecule has 0 heterocycles. The summed E-state index contributed by atoms with van der Waals surface area (Å²) in [4.78, 5) is 4.65. The predicted molar refractivity (Wildman–Crippen MR) is 129 cm³/mol.